The van der Waals surface area contributed by atoms with E-state index in [-0.39, 0.29) is 0 Å². The average molecular weight is 293 g/mol. The summed E-state index contributed by atoms with van der Waals surface area (Å²) < 4.78 is 6.36. The Balaban J connectivity index is 1.94. The van der Waals surface area contributed by atoms with Crippen LogP contribution < -0.4 is 5.32 Å². The lowest BCUT2D eigenvalue weighted by Crippen LogP contribution is -2.47. The Morgan fingerprint density at radius 3 is 2.75 bits per heavy atom. The van der Waals surface area contributed by atoms with Crippen LogP contribution in [-0.4, -0.2) is 30.4 Å². The normalized spacial score (nSPS) is 23.8. The van der Waals surface area contributed by atoms with Crippen LogP contribution >= 0.6 is 0 Å². The van der Waals surface area contributed by atoms with Gasteiger partial charge in [-0.1, -0.05) is 12.8 Å². The van der Waals surface area contributed by atoms with Crippen molar-refractivity contribution < 1.29 is 4.43 Å². The van der Waals surface area contributed by atoms with E-state index in [9.17, 15) is 0 Å². The summed E-state index contributed by atoms with van der Waals surface area (Å²) in [6.45, 7) is 9.69. The molecule has 5 heteroatoms. The van der Waals surface area contributed by atoms with Gasteiger partial charge in [-0.15, -0.1) is 0 Å². The second-order valence-corrected chi connectivity index (χ2v) is 11.1. The Morgan fingerprint density at radius 1 is 1.30 bits per heavy atom. The van der Waals surface area contributed by atoms with E-state index >= 15 is 0 Å². The van der Waals surface area contributed by atoms with E-state index in [1.165, 1.54) is 31.2 Å². The van der Waals surface area contributed by atoms with Crippen molar-refractivity contribution in [3.63, 3.8) is 0 Å². The standard InChI is InChI=1S/C15H27N3OSi/c1-12-13(9-16-11-18-12)10-17-14-7-5-6-8-15(14)19-20(2,3)4/h9,11,14-15,17H,5-8,10H2,1-4H3/t14-,15-/m0/s1. The summed E-state index contributed by atoms with van der Waals surface area (Å²) in [6, 6.07) is 0.468. The molecule has 4 nitrogen and oxygen atoms in total. The van der Waals surface area contributed by atoms with Gasteiger partial charge >= 0.3 is 0 Å². The van der Waals surface area contributed by atoms with Crippen LogP contribution in [0.2, 0.25) is 19.6 Å². The fourth-order valence-corrected chi connectivity index (χ4v) is 3.95. The quantitative estimate of drug-likeness (QED) is 0.848. The van der Waals surface area contributed by atoms with Gasteiger partial charge in [0.25, 0.3) is 0 Å². The van der Waals surface area contributed by atoms with Crippen molar-refractivity contribution in [3.8, 4) is 0 Å². The number of nitrogens with one attached hydrogen (secondary N) is 1. The third-order valence-electron chi connectivity index (χ3n) is 3.78. The Hall–Kier alpha value is -0.783. The maximum absolute atomic E-state index is 6.36. The predicted molar refractivity (Wildman–Crippen MR) is 84.1 cm³/mol. The van der Waals surface area contributed by atoms with Gasteiger partial charge < -0.3 is 9.74 Å². The van der Waals surface area contributed by atoms with Crippen LogP contribution in [-0.2, 0) is 11.0 Å². The zero-order chi connectivity index (χ0) is 14.6. The lowest BCUT2D eigenvalue weighted by atomic mass is 9.92. The molecular weight excluding hydrogens is 266 g/mol. The molecule has 0 spiro atoms. The third kappa shape index (κ3) is 4.65. The fourth-order valence-electron chi connectivity index (χ4n) is 2.76. The molecule has 0 amide bonds. The van der Waals surface area contributed by atoms with Crippen molar-refractivity contribution in [1.82, 2.24) is 15.3 Å². The van der Waals surface area contributed by atoms with Gasteiger partial charge in [-0.2, -0.15) is 0 Å². The highest BCUT2D eigenvalue weighted by Crippen LogP contribution is 2.24. The van der Waals surface area contributed by atoms with Crippen LogP contribution in [0, 0.1) is 6.92 Å². The molecule has 1 aromatic heterocycles. The van der Waals surface area contributed by atoms with Crippen LogP contribution in [0.1, 0.15) is 36.9 Å². The monoisotopic (exact) mass is 293 g/mol. The van der Waals surface area contributed by atoms with Gasteiger partial charge in [-0.05, 0) is 39.4 Å². The van der Waals surface area contributed by atoms with Crippen LogP contribution in [0.3, 0.4) is 0 Å². The molecule has 1 aliphatic rings. The number of hydrogen-bond donors (Lipinski definition) is 1. The van der Waals surface area contributed by atoms with Gasteiger partial charge in [-0.3, -0.25) is 0 Å². The number of nitrogens with zero attached hydrogens (tertiary/aromatic N) is 2. The van der Waals surface area contributed by atoms with Crippen LogP contribution in [0.25, 0.3) is 0 Å². The zero-order valence-corrected chi connectivity index (χ0v) is 14.1. The first-order valence-corrected chi connectivity index (χ1v) is 11.0. The minimum Gasteiger partial charge on any atom is -0.413 e. The molecule has 0 saturated heterocycles. The van der Waals surface area contributed by atoms with Gasteiger partial charge in [0.2, 0.25) is 0 Å². The summed E-state index contributed by atoms with van der Waals surface area (Å²) in [5, 5.41) is 3.67. The topological polar surface area (TPSA) is 47.0 Å². The summed E-state index contributed by atoms with van der Waals surface area (Å²) in [5.41, 5.74) is 2.25. The smallest absolute Gasteiger partial charge is 0.184 e. The number of aromatic nitrogens is 2. The molecule has 0 aliphatic heterocycles. The van der Waals surface area contributed by atoms with Gasteiger partial charge in [0.15, 0.2) is 8.32 Å². The van der Waals surface area contributed by atoms with Gasteiger partial charge in [-0.25, -0.2) is 9.97 Å². The minimum atomic E-state index is -1.47. The molecule has 1 saturated carbocycles. The van der Waals surface area contributed by atoms with Gasteiger partial charge in [0.1, 0.15) is 6.33 Å². The van der Waals surface area contributed by atoms with Crippen molar-refractivity contribution in [2.24, 2.45) is 0 Å². The highest BCUT2D eigenvalue weighted by atomic mass is 28.4. The van der Waals surface area contributed by atoms with E-state index in [1.807, 2.05) is 13.1 Å². The molecular formula is C15H27N3OSi. The van der Waals surface area contributed by atoms with Crippen LogP contribution in [0.5, 0.6) is 0 Å². The fraction of sp³-hybridized carbons (Fsp3) is 0.733. The molecule has 20 heavy (non-hydrogen) atoms. The zero-order valence-electron chi connectivity index (χ0n) is 13.1. The molecule has 1 aliphatic carbocycles. The summed E-state index contributed by atoms with van der Waals surface area (Å²) >= 11 is 0. The van der Waals surface area contributed by atoms with Crippen molar-refractivity contribution in [2.45, 2.75) is 70.9 Å². The van der Waals surface area contributed by atoms with E-state index < -0.39 is 8.32 Å². The first-order chi connectivity index (χ1) is 9.46. The summed E-state index contributed by atoms with van der Waals surface area (Å²) in [7, 11) is -1.47. The van der Waals surface area contributed by atoms with Crippen molar-refractivity contribution in [1.29, 1.82) is 0 Å². The number of rotatable bonds is 5. The lowest BCUT2D eigenvalue weighted by Gasteiger charge is -2.36. The van der Waals surface area contributed by atoms with Crippen molar-refractivity contribution >= 4 is 8.32 Å². The van der Waals surface area contributed by atoms with Crippen LogP contribution in [0.15, 0.2) is 12.5 Å². The molecule has 1 aromatic rings. The molecule has 0 bridgehead atoms. The lowest BCUT2D eigenvalue weighted by molar-refractivity contribution is 0.106. The molecule has 1 heterocycles. The van der Waals surface area contributed by atoms with E-state index in [4.69, 9.17) is 4.43 Å². The Bertz CT molecular complexity index is 433. The highest BCUT2D eigenvalue weighted by Gasteiger charge is 2.29. The molecule has 2 rings (SSSR count). The molecule has 0 radical (unpaired) electrons. The molecule has 0 aromatic carbocycles. The number of hydrogen-bond acceptors (Lipinski definition) is 4. The second-order valence-electron chi connectivity index (χ2n) is 6.67. The number of aryl methyl sites for hydroxylation is 1. The molecule has 2 atom stereocenters. The second kappa shape index (κ2) is 6.78. The van der Waals surface area contributed by atoms with E-state index in [0.717, 1.165) is 12.2 Å². The summed E-state index contributed by atoms with van der Waals surface area (Å²) in [4.78, 5) is 8.36. The van der Waals surface area contributed by atoms with Gasteiger partial charge in [0, 0.05) is 30.0 Å². The molecule has 1 fully saturated rings. The summed E-state index contributed by atoms with van der Waals surface area (Å²) in [6.07, 6.45) is 8.88. The Labute approximate surface area is 123 Å². The third-order valence-corrected chi connectivity index (χ3v) is 4.79. The summed E-state index contributed by atoms with van der Waals surface area (Å²) in [5.74, 6) is 0. The maximum atomic E-state index is 6.36. The molecule has 0 unspecified atom stereocenters. The van der Waals surface area contributed by atoms with Crippen LogP contribution in [0.4, 0.5) is 0 Å². The maximum Gasteiger partial charge on any atom is 0.184 e. The van der Waals surface area contributed by atoms with E-state index in [2.05, 4.69) is 34.9 Å². The minimum absolute atomic E-state index is 0.375. The Morgan fingerprint density at radius 2 is 2.05 bits per heavy atom. The SMILES string of the molecule is Cc1ncncc1CN[C@H]1CCCC[C@@H]1O[Si](C)(C)C. The largest absolute Gasteiger partial charge is 0.413 e. The van der Waals surface area contributed by atoms with Gasteiger partial charge in [0.05, 0.1) is 6.10 Å². The van der Waals surface area contributed by atoms with E-state index in [1.54, 1.807) is 6.33 Å². The predicted octanol–water partition coefficient (Wildman–Crippen LogP) is 3.04. The first kappa shape index (κ1) is 15.6. The van der Waals surface area contributed by atoms with Crippen molar-refractivity contribution in [2.75, 3.05) is 0 Å². The molecule has 1 N–H and O–H groups in total. The van der Waals surface area contributed by atoms with E-state index in [0.29, 0.717) is 12.1 Å². The van der Waals surface area contributed by atoms with Crippen molar-refractivity contribution in [3.05, 3.63) is 23.8 Å². The molecule has 112 valence electrons. The average Bonchev–Trinajstić information content (AvgIpc) is 2.37. The highest BCUT2D eigenvalue weighted by molar-refractivity contribution is 6.69. The first-order valence-electron chi connectivity index (χ1n) is 7.62. The Kier molecular flexibility index (Phi) is 5.29.